The molecule has 0 unspecified atom stereocenters. The number of ether oxygens (including phenoxy) is 1. The number of hydrogen-bond acceptors (Lipinski definition) is 3. The molecule has 0 radical (unpaired) electrons. The second kappa shape index (κ2) is 10.6. The minimum atomic E-state index is -0.384. The normalized spacial score (nSPS) is 11.4. The Bertz CT molecular complexity index is 1020. The van der Waals surface area contributed by atoms with Gasteiger partial charge in [-0.2, -0.15) is 5.10 Å². The Morgan fingerprint density at radius 3 is 2.41 bits per heavy atom. The number of nitrogens with zero attached hydrogens (tertiary/aromatic N) is 1. The molecule has 0 saturated carbocycles. The number of nitrogens with one attached hydrogen (secondary N) is 1. The van der Waals surface area contributed by atoms with Crippen LogP contribution in [0.15, 0.2) is 94.5 Å². The Labute approximate surface area is 183 Å². The maximum absolute atomic E-state index is 12.2. The summed E-state index contributed by atoms with van der Waals surface area (Å²) in [7, 11) is 0. The molecule has 0 fully saturated rings. The van der Waals surface area contributed by atoms with Crippen LogP contribution in [0.4, 0.5) is 0 Å². The van der Waals surface area contributed by atoms with Crippen molar-refractivity contribution in [3.05, 3.63) is 106 Å². The van der Waals surface area contributed by atoms with Crippen LogP contribution in [0.3, 0.4) is 0 Å². The third kappa shape index (κ3) is 6.59. The molecule has 1 amide bonds. The van der Waals surface area contributed by atoms with E-state index in [9.17, 15) is 4.79 Å². The first-order valence-electron chi connectivity index (χ1n) is 8.85. The lowest BCUT2D eigenvalue weighted by Crippen LogP contribution is -2.25. The van der Waals surface area contributed by atoms with Crippen LogP contribution in [0, 0.1) is 0 Å². The topological polar surface area (TPSA) is 50.7 Å². The molecule has 0 aliphatic carbocycles. The minimum absolute atomic E-state index is 0.199. The molecule has 0 atom stereocenters. The second-order valence-corrected chi connectivity index (χ2v) is 7.33. The van der Waals surface area contributed by atoms with Gasteiger partial charge in [0.15, 0.2) is 6.61 Å². The molecule has 0 bridgehead atoms. The van der Waals surface area contributed by atoms with Crippen LogP contribution in [0.5, 0.6) is 5.75 Å². The van der Waals surface area contributed by atoms with Crippen molar-refractivity contribution in [2.24, 2.45) is 5.10 Å². The van der Waals surface area contributed by atoms with Gasteiger partial charge < -0.3 is 4.74 Å². The average molecular weight is 470 g/mol. The van der Waals surface area contributed by atoms with E-state index >= 15 is 0 Å². The number of hydrazone groups is 1. The quantitative estimate of drug-likeness (QED) is 0.356. The number of allylic oxidation sites excluding steroid dienone is 1. The van der Waals surface area contributed by atoms with Crippen molar-refractivity contribution in [2.45, 2.75) is 0 Å². The van der Waals surface area contributed by atoms with Gasteiger partial charge in [-0.25, -0.2) is 5.43 Å². The van der Waals surface area contributed by atoms with E-state index in [1.54, 1.807) is 18.2 Å². The standard InChI is InChI=1S/C23H18BrClN2O2/c24-19-12-14-22(20(25)15-19)29-16-23(28)27-26-21(18-9-5-2-6-10-18)13-11-17-7-3-1-4-8-17/h1-15H,16H2,(H,27,28)/b13-11+,26-21-. The Balaban J connectivity index is 1.68. The fourth-order valence-corrected chi connectivity index (χ4v) is 3.16. The smallest absolute Gasteiger partial charge is 0.277 e. The van der Waals surface area contributed by atoms with E-state index in [0.717, 1.165) is 15.6 Å². The van der Waals surface area contributed by atoms with Gasteiger partial charge >= 0.3 is 0 Å². The molecule has 4 nitrogen and oxygen atoms in total. The Morgan fingerprint density at radius 2 is 1.72 bits per heavy atom. The van der Waals surface area contributed by atoms with Crippen LogP contribution in [-0.2, 0) is 4.79 Å². The van der Waals surface area contributed by atoms with Crippen molar-refractivity contribution < 1.29 is 9.53 Å². The highest BCUT2D eigenvalue weighted by molar-refractivity contribution is 9.10. The van der Waals surface area contributed by atoms with Crippen molar-refractivity contribution in [2.75, 3.05) is 6.61 Å². The fraction of sp³-hybridized carbons (Fsp3) is 0.0435. The summed E-state index contributed by atoms with van der Waals surface area (Å²) in [6.07, 6.45) is 3.80. The monoisotopic (exact) mass is 468 g/mol. The van der Waals surface area contributed by atoms with Gasteiger partial charge in [-0.15, -0.1) is 0 Å². The average Bonchev–Trinajstić information content (AvgIpc) is 2.74. The van der Waals surface area contributed by atoms with Crippen LogP contribution in [-0.4, -0.2) is 18.2 Å². The van der Waals surface area contributed by atoms with Gasteiger partial charge in [0.25, 0.3) is 5.91 Å². The van der Waals surface area contributed by atoms with E-state index in [1.165, 1.54) is 0 Å². The highest BCUT2D eigenvalue weighted by Crippen LogP contribution is 2.27. The summed E-state index contributed by atoms with van der Waals surface area (Å²) in [6, 6.07) is 24.7. The predicted octanol–water partition coefficient (Wildman–Crippen LogP) is 5.72. The molecule has 146 valence electrons. The second-order valence-electron chi connectivity index (χ2n) is 6.01. The van der Waals surface area contributed by atoms with Gasteiger partial charge in [-0.1, -0.05) is 94.3 Å². The molecular weight excluding hydrogens is 452 g/mol. The third-order valence-electron chi connectivity index (χ3n) is 3.86. The summed E-state index contributed by atoms with van der Waals surface area (Å²) in [5, 5.41) is 4.69. The number of halogens is 2. The summed E-state index contributed by atoms with van der Waals surface area (Å²) >= 11 is 9.42. The molecule has 1 N–H and O–H groups in total. The number of hydrogen-bond donors (Lipinski definition) is 1. The molecule has 0 saturated heterocycles. The summed E-state index contributed by atoms with van der Waals surface area (Å²) < 4.78 is 6.30. The Kier molecular flexibility index (Phi) is 7.61. The summed E-state index contributed by atoms with van der Waals surface area (Å²) in [4.78, 5) is 12.2. The van der Waals surface area contributed by atoms with Crippen molar-refractivity contribution >= 4 is 45.2 Å². The van der Waals surface area contributed by atoms with E-state index < -0.39 is 0 Å². The van der Waals surface area contributed by atoms with E-state index in [4.69, 9.17) is 16.3 Å². The first-order chi connectivity index (χ1) is 14.1. The van der Waals surface area contributed by atoms with Gasteiger partial charge in [0.1, 0.15) is 5.75 Å². The zero-order valence-electron chi connectivity index (χ0n) is 15.4. The van der Waals surface area contributed by atoms with Gasteiger partial charge in [0, 0.05) is 10.0 Å². The molecule has 0 aliphatic rings. The third-order valence-corrected chi connectivity index (χ3v) is 4.65. The number of rotatable bonds is 7. The lowest BCUT2D eigenvalue weighted by atomic mass is 10.1. The van der Waals surface area contributed by atoms with Gasteiger partial charge in [-0.05, 0) is 29.8 Å². The molecular formula is C23H18BrClN2O2. The number of benzene rings is 3. The van der Waals surface area contributed by atoms with E-state index in [1.807, 2.05) is 72.8 Å². The van der Waals surface area contributed by atoms with Crippen molar-refractivity contribution in [3.63, 3.8) is 0 Å². The van der Waals surface area contributed by atoms with Crippen LogP contribution < -0.4 is 10.2 Å². The van der Waals surface area contributed by atoms with Crippen molar-refractivity contribution in [1.82, 2.24) is 5.43 Å². The van der Waals surface area contributed by atoms with Crippen LogP contribution in [0.1, 0.15) is 11.1 Å². The summed E-state index contributed by atoms with van der Waals surface area (Å²) in [5.41, 5.74) is 5.09. The largest absolute Gasteiger partial charge is 0.482 e. The summed E-state index contributed by atoms with van der Waals surface area (Å²) in [6.45, 7) is -0.199. The first-order valence-corrected chi connectivity index (χ1v) is 10.0. The molecule has 0 aromatic heterocycles. The molecule has 6 heteroatoms. The van der Waals surface area contributed by atoms with E-state index in [0.29, 0.717) is 16.5 Å². The maximum Gasteiger partial charge on any atom is 0.277 e. The zero-order chi connectivity index (χ0) is 20.5. The molecule has 3 aromatic carbocycles. The molecule has 29 heavy (non-hydrogen) atoms. The fourth-order valence-electron chi connectivity index (χ4n) is 2.44. The lowest BCUT2D eigenvalue weighted by Gasteiger charge is -2.08. The predicted molar refractivity (Wildman–Crippen MR) is 121 cm³/mol. The lowest BCUT2D eigenvalue weighted by molar-refractivity contribution is -0.123. The van der Waals surface area contributed by atoms with Crippen LogP contribution in [0.2, 0.25) is 5.02 Å². The number of carbonyl (C=O) groups excluding carboxylic acids is 1. The van der Waals surface area contributed by atoms with Crippen molar-refractivity contribution in [3.8, 4) is 5.75 Å². The first kappa shape index (κ1) is 20.8. The van der Waals surface area contributed by atoms with Gasteiger partial charge in [0.05, 0.1) is 10.7 Å². The molecule has 0 aliphatic heterocycles. The molecule has 0 heterocycles. The van der Waals surface area contributed by atoms with Gasteiger partial charge in [0.2, 0.25) is 0 Å². The summed E-state index contributed by atoms with van der Waals surface area (Å²) in [5.74, 6) is 0.0479. The van der Waals surface area contributed by atoms with E-state index in [-0.39, 0.29) is 12.5 Å². The zero-order valence-corrected chi connectivity index (χ0v) is 17.7. The van der Waals surface area contributed by atoms with Crippen LogP contribution in [0.25, 0.3) is 6.08 Å². The maximum atomic E-state index is 12.2. The van der Waals surface area contributed by atoms with Crippen LogP contribution >= 0.6 is 27.5 Å². The van der Waals surface area contributed by atoms with Gasteiger partial charge in [-0.3, -0.25) is 4.79 Å². The number of amides is 1. The SMILES string of the molecule is O=C(COc1ccc(Br)cc1Cl)N/N=C(/C=C/c1ccccc1)c1ccccc1. The van der Waals surface area contributed by atoms with E-state index in [2.05, 4.69) is 26.5 Å². The Hall–Kier alpha value is -2.89. The molecule has 3 aromatic rings. The molecule has 3 rings (SSSR count). The number of carbonyl (C=O) groups is 1. The highest BCUT2D eigenvalue weighted by atomic mass is 79.9. The Morgan fingerprint density at radius 1 is 1.03 bits per heavy atom. The highest BCUT2D eigenvalue weighted by Gasteiger charge is 2.07. The van der Waals surface area contributed by atoms with Crippen molar-refractivity contribution in [1.29, 1.82) is 0 Å². The molecule has 0 spiro atoms. The minimum Gasteiger partial charge on any atom is -0.482 e.